The summed E-state index contributed by atoms with van der Waals surface area (Å²) >= 11 is 5.35. The predicted octanol–water partition coefficient (Wildman–Crippen LogP) is 2.91. The van der Waals surface area contributed by atoms with Crippen LogP contribution in [-0.2, 0) is 0 Å². The van der Waals surface area contributed by atoms with Gasteiger partial charge in [-0.25, -0.2) is 0 Å². The molecule has 84 valence electrons. The first-order valence-corrected chi connectivity index (χ1v) is 7.06. The molecule has 0 aromatic carbocycles. The lowest BCUT2D eigenvalue weighted by atomic mass is 10.0. The van der Waals surface area contributed by atoms with Gasteiger partial charge in [0.15, 0.2) is 0 Å². The van der Waals surface area contributed by atoms with Crippen LogP contribution in [0.5, 0.6) is 0 Å². The van der Waals surface area contributed by atoms with Crippen molar-refractivity contribution >= 4 is 27.3 Å². The van der Waals surface area contributed by atoms with Crippen LogP contribution in [0.25, 0.3) is 0 Å². The number of hydrogen-bond acceptors (Lipinski definition) is 3. The number of hydrogen-bond donors (Lipinski definition) is 2. The Kier molecular flexibility index (Phi) is 4.20. The van der Waals surface area contributed by atoms with Crippen LogP contribution < -0.4 is 10.6 Å². The molecule has 2 N–H and O–H groups in total. The highest BCUT2D eigenvalue weighted by atomic mass is 79.9. The first-order chi connectivity index (χ1) is 7.29. The average Bonchev–Trinajstić information content (AvgIpc) is 2.85. The molecule has 2 heterocycles. The lowest BCUT2D eigenvalue weighted by Crippen LogP contribution is -2.28. The lowest BCUT2D eigenvalue weighted by Gasteiger charge is -2.19. The monoisotopic (exact) mass is 288 g/mol. The summed E-state index contributed by atoms with van der Waals surface area (Å²) in [6.45, 7) is 1.19. The summed E-state index contributed by atoms with van der Waals surface area (Å²) < 4.78 is 1.22. The van der Waals surface area contributed by atoms with Gasteiger partial charge in [0, 0.05) is 17.0 Å². The Labute approximate surface area is 104 Å². The van der Waals surface area contributed by atoms with E-state index in [0.29, 0.717) is 12.1 Å². The Morgan fingerprint density at radius 3 is 3.07 bits per heavy atom. The van der Waals surface area contributed by atoms with E-state index < -0.39 is 0 Å². The number of rotatable bonds is 4. The van der Waals surface area contributed by atoms with Gasteiger partial charge in [0.1, 0.15) is 0 Å². The second kappa shape index (κ2) is 5.43. The van der Waals surface area contributed by atoms with Gasteiger partial charge in [-0.2, -0.15) is 0 Å². The molecular formula is C11H17BrN2S. The van der Waals surface area contributed by atoms with Gasteiger partial charge in [0.25, 0.3) is 0 Å². The molecule has 2 unspecified atom stereocenters. The fourth-order valence-electron chi connectivity index (χ4n) is 2.13. The molecule has 0 radical (unpaired) electrons. The van der Waals surface area contributed by atoms with Gasteiger partial charge in [-0.15, -0.1) is 11.3 Å². The smallest absolute Gasteiger partial charge is 0.0701 e. The lowest BCUT2D eigenvalue weighted by molar-refractivity contribution is 0.458. The normalized spacial score (nSPS) is 23.2. The molecule has 1 aromatic heterocycles. The standard InChI is InChI=1S/C11H17BrN2S/c1-13-9(7-8-3-2-6-14-8)10-4-5-11(12)15-10/h4-5,8-9,13-14H,2-3,6-7H2,1H3. The fraction of sp³-hybridized carbons (Fsp3) is 0.636. The molecule has 1 fully saturated rings. The summed E-state index contributed by atoms with van der Waals surface area (Å²) in [7, 11) is 2.05. The van der Waals surface area contributed by atoms with Crippen LogP contribution in [0.4, 0.5) is 0 Å². The van der Waals surface area contributed by atoms with Gasteiger partial charge >= 0.3 is 0 Å². The highest BCUT2D eigenvalue weighted by molar-refractivity contribution is 9.11. The van der Waals surface area contributed by atoms with Crippen LogP contribution in [0.2, 0.25) is 0 Å². The summed E-state index contributed by atoms with van der Waals surface area (Å²) in [4.78, 5) is 1.43. The number of thiophene rings is 1. The van der Waals surface area contributed by atoms with E-state index in [-0.39, 0.29) is 0 Å². The zero-order chi connectivity index (χ0) is 10.7. The van der Waals surface area contributed by atoms with E-state index in [1.165, 1.54) is 34.5 Å². The number of nitrogens with one attached hydrogen (secondary N) is 2. The van der Waals surface area contributed by atoms with Crippen molar-refractivity contribution in [2.45, 2.75) is 31.3 Å². The first kappa shape index (κ1) is 11.6. The molecule has 0 saturated carbocycles. The molecule has 2 rings (SSSR count). The second-order valence-electron chi connectivity index (χ2n) is 4.01. The first-order valence-electron chi connectivity index (χ1n) is 5.45. The van der Waals surface area contributed by atoms with Crippen molar-refractivity contribution in [3.63, 3.8) is 0 Å². The molecule has 2 nitrogen and oxygen atoms in total. The minimum Gasteiger partial charge on any atom is -0.314 e. The Hall–Kier alpha value is 0.1000. The Bertz CT molecular complexity index is 307. The highest BCUT2D eigenvalue weighted by Crippen LogP contribution is 2.30. The minimum atomic E-state index is 0.497. The van der Waals surface area contributed by atoms with Gasteiger partial charge in [0.2, 0.25) is 0 Å². The molecule has 4 heteroatoms. The van der Waals surface area contributed by atoms with E-state index >= 15 is 0 Å². The van der Waals surface area contributed by atoms with Crippen LogP contribution in [-0.4, -0.2) is 19.6 Å². The third-order valence-corrected chi connectivity index (χ3v) is 4.71. The Morgan fingerprint density at radius 1 is 1.67 bits per heavy atom. The van der Waals surface area contributed by atoms with Crippen LogP contribution in [0.15, 0.2) is 15.9 Å². The van der Waals surface area contributed by atoms with Gasteiger partial charge in [-0.1, -0.05) is 0 Å². The van der Waals surface area contributed by atoms with Crippen LogP contribution >= 0.6 is 27.3 Å². The summed E-state index contributed by atoms with van der Waals surface area (Å²) in [5.74, 6) is 0. The molecule has 0 bridgehead atoms. The number of halogens is 1. The van der Waals surface area contributed by atoms with E-state index in [2.05, 4.69) is 38.7 Å². The van der Waals surface area contributed by atoms with Crippen molar-refractivity contribution in [1.82, 2.24) is 10.6 Å². The molecular weight excluding hydrogens is 272 g/mol. The van der Waals surface area contributed by atoms with E-state index in [0.717, 1.165) is 0 Å². The zero-order valence-electron chi connectivity index (χ0n) is 8.92. The molecule has 2 atom stereocenters. The maximum atomic E-state index is 3.55. The van der Waals surface area contributed by atoms with Crippen LogP contribution in [0.1, 0.15) is 30.2 Å². The molecule has 0 spiro atoms. The van der Waals surface area contributed by atoms with Crippen molar-refractivity contribution in [3.8, 4) is 0 Å². The molecule has 1 aliphatic rings. The summed E-state index contributed by atoms with van der Waals surface area (Å²) in [5, 5.41) is 6.96. The average molecular weight is 289 g/mol. The van der Waals surface area contributed by atoms with Crippen molar-refractivity contribution in [2.24, 2.45) is 0 Å². The maximum absolute atomic E-state index is 3.55. The van der Waals surface area contributed by atoms with E-state index in [1.807, 2.05) is 18.4 Å². The van der Waals surface area contributed by atoms with Crippen molar-refractivity contribution < 1.29 is 0 Å². The quantitative estimate of drug-likeness (QED) is 0.890. The zero-order valence-corrected chi connectivity index (χ0v) is 11.3. The van der Waals surface area contributed by atoms with Gasteiger partial charge in [-0.3, -0.25) is 0 Å². The van der Waals surface area contributed by atoms with Gasteiger partial charge in [0.05, 0.1) is 3.79 Å². The topological polar surface area (TPSA) is 24.1 Å². The summed E-state index contributed by atoms with van der Waals surface area (Å²) in [5.41, 5.74) is 0. The Morgan fingerprint density at radius 2 is 2.53 bits per heavy atom. The summed E-state index contributed by atoms with van der Waals surface area (Å²) in [6, 6.07) is 5.54. The summed E-state index contributed by atoms with van der Waals surface area (Å²) in [6.07, 6.45) is 3.85. The second-order valence-corrected chi connectivity index (χ2v) is 6.51. The Balaban J connectivity index is 1.97. The predicted molar refractivity (Wildman–Crippen MR) is 69.5 cm³/mol. The van der Waals surface area contributed by atoms with Crippen molar-refractivity contribution in [1.29, 1.82) is 0 Å². The highest BCUT2D eigenvalue weighted by Gasteiger charge is 2.20. The fourth-order valence-corrected chi connectivity index (χ4v) is 3.68. The molecule has 1 aromatic rings. The maximum Gasteiger partial charge on any atom is 0.0701 e. The van der Waals surface area contributed by atoms with E-state index in [9.17, 15) is 0 Å². The van der Waals surface area contributed by atoms with Gasteiger partial charge < -0.3 is 10.6 Å². The van der Waals surface area contributed by atoms with Crippen LogP contribution in [0, 0.1) is 0 Å². The molecule has 1 aliphatic heterocycles. The molecule has 0 amide bonds. The SMILES string of the molecule is CNC(CC1CCCN1)c1ccc(Br)s1. The molecule has 15 heavy (non-hydrogen) atoms. The minimum absolute atomic E-state index is 0.497. The van der Waals surface area contributed by atoms with Crippen LogP contribution in [0.3, 0.4) is 0 Å². The van der Waals surface area contributed by atoms with Gasteiger partial charge in [-0.05, 0) is 60.9 Å². The van der Waals surface area contributed by atoms with Crippen molar-refractivity contribution in [3.05, 3.63) is 20.8 Å². The van der Waals surface area contributed by atoms with Crippen molar-refractivity contribution in [2.75, 3.05) is 13.6 Å². The van der Waals surface area contributed by atoms with E-state index in [1.54, 1.807) is 0 Å². The van der Waals surface area contributed by atoms with E-state index in [4.69, 9.17) is 0 Å². The molecule has 0 aliphatic carbocycles. The molecule has 1 saturated heterocycles. The third-order valence-electron chi connectivity index (χ3n) is 2.97. The third kappa shape index (κ3) is 3.03. The largest absolute Gasteiger partial charge is 0.314 e.